The lowest BCUT2D eigenvalue weighted by Crippen LogP contribution is -2.53. The van der Waals surface area contributed by atoms with Crippen LogP contribution in [-0.2, 0) is 0 Å². The topological polar surface area (TPSA) is 43.1 Å². The number of hydrogen-bond donors (Lipinski definition) is 0. The van der Waals surface area contributed by atoms with E-state index in [0.717, 1.165) is 0 Å². The predicted molar refractivity (Wildman–Crippen MR) is 22.9 cm³/mol. The summed E-state index contributed by atoms with van der Waals surface area (Å²) in [4.78, 5) is 6.64. The van der Waals surface area contributed by atoms with Gasteiger partial charge in [-0.1, -0.05) is 0 Å². The summed E-state index contributed by atoms with van der Waals surface area (Å²) >= 11 is 0. The van der Waals surface area contributed by atoms with Crippen LogP contribution in [0.5, 0.6) is 0 Å². The zero-order chi connectivity index (χ0) is 10.2. The van der Waals surface area contributed by atoms with Crippen LogP contribution in [0.25, 0.3) is 0 Å². The molecule has 0 aromatic heterocycles. The van der Waals surface area contributed by atoms with Gasteiger partial charge in [0, 0.05) is 0 Å². The van der Waals surface area contributed by atoms with E-state index in [1.165, 1.54) is 0 Å². The van der Waals surface area contributed by atoms with Crippen LogP contribution in [0.4, 0.5) is 26.3 Å². The summed E-state index contributed by atoms with van der Waals surface area (Å²) in [6, 6.07) is 0. The van der Waals surface area contributed by atoms with E-state index in [-0.39, 0.29) is 0 Å². The van der Waals surface area contributed by atoms with Gasteiger partial charge < -0.3 is 0 Å². The molecule has 0 aliphatic heterocycles. The van der Waals surface area contributed by atoms with E-state index in [1.54, 1.807) is 0 Å². The molecule has 0 aliphatic carbocycles. The lowest BCUT2D eigenvalue weighted by molar-refractivity contribution is -0.665. The highest BCUT2D eigenvalue weighted by Crippen LogP contribution is 2.38. The lowest BCUT2D eigenvalue weighted by atomic mass is 10.3. The van der Waals surface area contributed by atoms with Crippen LogP contribution in [0.1, 0.15) is 0 Å². The first kappa shape index (κ1) is 11.0. The van der Waals surface area contributed by atoms with Crippen LogP contribution in [0.15, 0.2) is 0 Å². The van der Waals surface area contributed by atoms with E-state index in [0.29, 0.717) is 0 Å². The number of halogens is 6. The van der Waals surface area contributed by atoms with Crippen molar-refractivity contribution >= 4 is 0 Å². The largest absolute Gasteiger partial charge is 0.512 e. The highest BCUT2D eigenvalue weighted by Gasteiger charge is 2.74. The second kappa shape index (κ2) is 2.79. The molecule has 0 saturated carbocycles. The molecule has 0 N–H and O–H groups in total. The molecular formula is C3HF6NO2. The standard InChI is InChI=1S/C3HF6NO2/c4-1(5)2(6,10(11)12)3(7,8)9/h1H. The Hall–Kier alpha value is -1.02. The van der Waals surface area contributed by atoms with Crippen LogP contribution < -0.4 is 0 Å². The first-order chi connectivity index (χ1) is 5.14. The molecule has 3 nitrogen and oxygen atoms in total. The van der Waals surface area contributed by atoms with E-state index in [1.807, 2.05) is 0 Å². The Morgan fingerprint density at radius 3 is 1.50 bits per heavy atom. The lowest BCUT2D eigenvalue weighted by Gasteiger charge is -2.17. The fourth-order valence-corrected chi connectivity index (χ4v) is 0.307. The fraction of sp³-hybridized carbons (Fsp3) is 1.00. The van der Waals surface area contributed by atoms with Crippen LogP contribution in [0.3, 0.4) is 0 Å². The summed E-state index contributed by atoms with van der Waals surface area (Å²) in [6.45, 7) is 0. The second-order valence-corrected chi connectivity index (χ2v) is 1.73. The van der Waals surface area contributed by atoms with Gasteiger partial charge in [0.25, 0.3) is 0 Å². The molecule has 9 heteroatoms. The molecule has 0 radical (unpaired) electrons. The smallest absolute Gasteiger partial charge is 0.261 e. The average Bonchev–Trinajstić information content (AvgIpc) is 1.82. The first-order valence-electron chi connectivity index (χ1n) is 2.32. The number of alkyl halides is 6. The van der Waals surface area contributed by atoms with E-state index in [9.17, 15) is 36.5 Å². The molecule has 0 amide bonds. The van der Waals surface area contributed by atoms with Gasteiger partial charge in [0.15, 0.2) is 0 Å². The Balaban J connectivity index is 5.02. The maximum atomic E-state index is 12.0. The Morgan fingerprint density at radius 2 is 1.50 bits per heavy atom. The molecule has 0 fully saturated rings. The van der Waals surface area contributed by atoms with Crippen molar-refractivity contribution in [1.29, 1.82) is 0 Å². The summed E-state index contributed by atoms with van der Waals surface area (Å²) in [5.41, 5.74) is 0. The Kier molecular flexibility index (Phi) is 2.55. The molecule has 0 aromatic carbocycles. The quantitative estimate of drug-likeness (QED) is 0.293. The monoisotopic (exact) mass is 197 g/mol. The van der Waals surface area contributed by atoms with Gasteiger partial charge in [-0.15, -0.1) is 0 Å². The van der Waals surface area contributed by atoms with Gasteiger partial charge in [-0.25, -0.2) is 0 Å². The zero-order valence-corrected chi connectivity index (χ0v) is 5.11. The van der Waals surface area contributed by atoms with E-state index < -0.39 is 23.3 Å². The molecule has 0 heterocycles. The van der Waals surface area contributed by atoms with Gasteiger partial charge in [0.2, 0.25) is 0 Å². The third-order valence-corrected chi connectivity index (χ3v) is 0.952. The fourth-order valence-electron chi connectivity index (χ4n) is 0.307. The Bertz CT molecular complexity index is 190. The van der Waals surface area contributed by atoms with Crippen molar-refractivity contribution in [3.05, 3.63) is 10.1 Å². The van der Waals surface area contributed by atoms with Crippen LogP contribution in [-0.4, -0.2) is 23.3 Å². The van der Waals surface area contributed by atoms with Crippen molar-refractivity contribution in [2.75, 3.05) is 0 Å². The summed E-state index contributed by atoms with van der Waals surface area (Å²) < 4.78 is 68.5. The summed E-state index contributed by atoms with van der Waals surface area (Å²) in [5.74, 6) is -5.67. The normalized spacial score (nSPS) is 17.6. The summed E-state index contributed by atoms with van der Waals surface area (Å²) in [6.07, 6.45) is -11.0. The average molecular weight is 197 g/mol. The van der Waals surface area contributed by atoms with Crippen LogP contribution >= 0.6 is 0 Å². The SMILES string of the molecule is O=[N+]([O-])C(F)(C(F)F)C(F)(F)F. The number of hydrogen-bond acceptors (Lipinski definition) is 2. The number of nitro groups is 1. The van der Waals surface area contributed by atoms with Gasteiger partial charge in [0.05, 0.1) is 4.92 Å². The van der Waals surface area contributed by atoms with Gasteiger partial charge in [0.1, 0.15) is 0 Å². The van der Waals surface area contributed by atoms with Crippen molar-refractivity contribution in [3.8, 4) is 0 Å². The maximum Gasteiger partial charge on any atom is 0.512 e. The van der Waals surface area contributed by atoms with Gasteiger partial charge in [-0.05, 0) is 0 Å². The van der Waals surface area contributed by atoms with Crippen molar-refractivity contribution in [2.24, 2.45) is 0 Å². The van der Waals surface area contributed by atoms with E-state index >= 15 is 0 Å². The molecule has 0 rings (SSSR count). The Labute approximate surface area is 61.1 Å². The maximum absolute atomic E-state index is 12.0. The first-order valence-corrected chi connectivity index (χ1v) is 2.32. The molecule has 1 unspecified atom stereocenters. The molecule has 0 spiro atoms. The minimum absolute atomic E-state index is 2.70. The minimum atomic E-state index is -6.22. The summed E-state index contributed by atoms with van der Waals surface area (Å²) in [7, 11) is 0. The van der Waals surface area contributed by atoms with E-state index in [2.05, 4.69) is 0 Å². The summed E-state index contributed by atoms with van der Waals surface area (Å²) in [5, 5.41) is 9.34. The van der Waals surface area contributed by atoms with Gasteiger partial charge >= 0.3 is 18.4 Å². The van der Waals surface area contributed by atoms with Gasteiger partial charge in [-0.2, -0.15) is 26.3 Å². The van der Waals surface area contributed by atoms with E-state index in [4.69, 9.17) is 0 Å². The third kappa shape index (κ3) is 1.43. The molecule has 1 atom stereocenters. The second-order valence-electron chi connectivity index (χ2n) is 1.73. The highest BCUT2D eigenvalue weighted by atomic mass is 19.4. The molecule has 0 aliphatic rings. The number of nitrogens with zero attached hydrogens (tertiary/aromatic N) is 1. The van der Waals surface area contributed by atoms with Crippen LogP contribution in [0.2, 0.25) is 0 Å². The van der Waals surface area contributed by atoms with Crippen molar-refractivity contribution < 1.29 is 31.3 Å². The number of rotatable bonds is 2. The van der Waals surface area contributed by atoms with Crippen molar-refractivity contribution in [3.63, 3.8) is 0 Å². The molecule has 12 heavy (non-hydrogen) atoms. The van der Waals surface area contributed by atoms with Crippen molar-refractivity contribution in [2.45, 2.75) is 18.4 Å². The predicted octanol–water partition coefficient (Wildman–Crippen LogP) is 1.76. The molecule has 72 valence electrons. The molecule has 0 saturated heterocycles. The molecular weight excluding hydrogens is 196 g/mol. The highest BCUT2D eigenvalue weighted by molar-refractivity contribution is 4.78. The Morgan fingerprint density at radius 1 is 1.17 bits per heavy atom. The molecule has 0 bridgehead atoms. The zero-order valence-electron chi connectivity index (χ0n) is 5.11. The molecule has 0 aromatic rings. The van der Waals surface area contributed by atoms with Crippen molar-refractivity contribution in [1.82, 2.24) is 0 Å². The third-order valence-electron chi connectivity index (χ3n) is 0.952. The van der Waals surface area contributed by atoms with Crippen LogP contribution in [0, 0.1) is 10.1 Å². The van der Waals surface area contributed by atoms with Gasteiger partial charge in [-0.3, -0.25) is 10.1 Å². The minimum Gasteiger partial charge on any atom is -0.261 e.